The van der Waals surface area contributed by atoms with Crippen LogP contribution < -0.4 is 4.72 Å². The number of hydrogen-bond donors (Lipinski definition) is 3. The highest BCUT2D eigenvalue weighted by molar-refractivity contribution is 7.89. The van der Waals surface area contributed by atoms with Gasteiger partial charge in [0, 0.05) is 5.02 Å². The third-order valence-electron chi connectivity index (χ3n) is 2.62. The van der Waals surface area contributed by atoms with Crippen LogP contribution in [0.5, 0.6) is 0 Å². The van der Waals surface area contributed by atoms with Gasteiger partial charge in [0.25, 0.3) is 0 Å². The van der Waals surface area contributed by atoms with Crippen LogP contribution in [0.2, 0.25) is 5.02 Å². The minimum absolute atomic E-state index is 0.270. The average molecular weight is 348 g/mol. The average Bonchev–Trinajstić information content (AvgIpc) is 2.36. The molecule has 0 heterocycles. The monoisotopic (exact) mass is 347 g/mol. The first-order chi connectivity index (χ1) is 9.45. The van der Waals surface area contributed by atoms with Crippen molar-refractivity contribution in [2.45, 2.75) is 23.5 Å². The van der Waals surface area contributed by atoms with E-state index in [1.54, 1.807) is 0 Å². The van der Waals surface area contributed by atoms with Gasteiger partial charge in [-0.05, 0) is 25.1 Å². The number of aliphatic hydroxyl groups is 2. The number of benzene rings is 1. The molecule has 120 valence electrons. The topological polar surface area (TPSA) is 86.6 Å². The van der Waals surface area contributed by atoms with E-state index in [4.69, 9.17) is 21.8 Å². The molecule has 0 atom stereocenters. The Morgan fingerprint density at radius 2 is 1.76 bits per heavy atom. The van der Waals surface area contributed by atoms with Crippen molar-refractivity contribution in [3.63, 3.8) is 0 Å². The molecule has 3 N–H and O–H groups in total. The number of nitrogens with one attached hydrogen (secondary N) is 1. The summed E-state index contributed by atoms with van der Waals surface area (Å²) < 4.78 is 64.7. The quantitative estimate of drug-likeness (QED) is 0.751. The molecule has 0 saturated carbocycles. The maximum Gasteiger partial charge on any atom is 0.417 e. The van der Waals surface area contributed by atoms with Crippen LogP contribution in [0.15, 0.2) is 23.1 Å². The van der Waals surface area contributed by atoms with Crippen molar-refractivity contribution in [2.24, 2.45) is 0 Å². The molecule has 0 aliphatic carbocycles. The van der Waals surface area contributed by atoms with E-state index < -0.39 is 45.4 Å². The Labute approximate surface area is 124 Å². The Hall–Kier alpha value is -0.870. The van der Waals surface area contributed by atoms with Crippen LogP contribution in [-0.2, 0) is 16.2 Å². The summed E-state index contributed by atoms with van der Waals surface area (Å²) in [6.07, 6.45) is -4.93. The lowest BCUT2D eigenvalue weighted by molar-refractivity contribution is -0.139. The van der Waals surface area contributed by atoms with E-state index in [1.807, 2.05) is 4.72 Å². The van der Waals surface area contributed by atoms with Gasteiger partial charge in [-0.15, -0.1) is 0 Å². The molecule has 0 amide bonds. The standard InChI is InChI=1S/C11H13ClF3NO4S/c1-10(5-17,6-18)16-21(19,20)9-3-2-7(12)4-8(9)11(13,14)15/h2-4,16-18H,5-6H2,1H3. The highest BCUT2D eigenvalue weighted by Gasteiger charge is 2.39. The second-order valence-corrected chi connectivity index (χ2v) is 6.71. The van der Waals surface area contributed by atoms with E-state index in [9.17, 15) is 21.6 Å². The summed E-state index contributed by atoms with van der Waals surface area (Å²) in [7, 11) is -4.62. The van der Waals surface area contributed by atoms with Crippen molar-refractivity contribution in [3.8, 4) is 0 Å². The summed E-state index contributed by atoms with van der Waals surface area (Å²) in [4.78, 5) is -1.03. The van der Waals surface area contributed by atoms with Gasteiger partial charge < -0.3 is 10.2 Å². The molecule has 10 heteroatoms. The molecule has 0 fully saturated rings. The van der Waals surface area contributed by atoms with Gasteiger partial charge in [0.05, 0.1) is 29.2 Å². The summed E-state index contributed by atoms with van der Waals surface area (Å²) in [6, 6.07) is 2.20. The molecule has 0 aliphatic heterocycles. The molecule has 1 rings (SSSR count). The van der Waals surface area contributed by atoms with Crippen molar-refractivity contribution in [1.29, 1.82) is 0 Å². The Kier molecular flexibility index (Phi) is 5.27. The first-order valence-corrected chi connectivity index (χ1v) is 7.44. The molecular weight excluding hydrogens is 335 g/mol. The van der Waals surface area contributed by atoms with Crippen molar-refractivity contribution in [2.75, 3.05) is 13.2 Å². The van der Waals surface area contributed by atoms with E-state index in [-0.39, 0.29) is 5.02 Å². The van der Waals surface area contributed by atoms with E-state index in [0.717, 1.165) is 13.0 Å². The fraction of sp³-hybridized carbons (Fsp3) is 0.455. The van der Waals surface area contributed by atoms with Crippen LogP contribution in [0, 0.1) is 0 Å². The van der Waals surface area contributed by atoms with Crippen molar-refractivity contribution in [3.05, 3.63) is 28.8 Å². The smallest absolute Gasteiger partial charge is 0.394 e. The van der Waals surface area contributed by atoms with Crippen LogP contribution in [-0.4, -0.2) is 37.4 Å². The highest BCUT2D eigenvalue weighted by Crippen LogP contribution is 2.36. The summed E-state index contributed by atoms with van der Waals surface area (Å²) in [5.41, 5.74) is -3.12. The Morgan fingerprint density at radius 1 is 1.24 bits per heavy atom. The molecule has 0 radical (unpaired) electrons. The number of halogens is 4. The van der Waals surface area contributed by atoms with Gasteiger partial charge in [-0.3, -0.25) is 0 Å². The van der Waals surface area contributed by atoms with Gasteiger partial charge in [0.2, 0.25) is 10.0 Å². The Bertz CT molecular complexity index is 614. The summed E-state index contributed by atoms with van der Waals surface area (Å²) in [5, 5.41) is 17.8. The third-order valence-corrected chi connectivity index (χ3v) is 4.55. The maximum atomic E-state index is 12.9. The van der Waals surface area contributed by atoms with Gasteiger partial charge >= 0.3 is 6.18 Å². The van der Waals surface area contributed by atoms with Gasteiger partial charge in [-0.2, -0.15) is 13.2 Å². The van der Waals surface area contributed by atoms with E-state index >= 15 is 0 Å². The molecule has 0 spiro atoms. The van der Waals surface area contributed by atoms with Crippen LogP contribution in [0.1, 0.15) is 12.5 Å². The molecule has 0 bridgehead atoms. The molecule has 21 heavy (non-hydrogen) atoms. The molecule has 0 aliphatic rings. The third kappa shape index (κ3) is 4.30. The van der Waals surface area contributed by atoms with Crippen molar-refractivity contribution < 1.29 is 31.8 Å². The Balaban J connectivity index is 3.39. The lowest BCUT2D eigenvalue weighted by Crippen LogP contribution is -2.51. The maximum absolute atomic E-state index is 12.9. The second-order valence-electron chi connectivity index (χ2n) is 4.62. The molecule has 5 nitrogen and oxygen atoms in total. The van der Waals surface area contributed by atoms with Gasteiger partial charge in [-0.25, -0.2) is 13.1 Å². The van der Waals surface area contributed by atoms with Crippen molar-refractivity contribution >= 4 is 21.6 Å². The van der Waals surface area contributed by atoms with Crippen LogP contribution >= 0.6 is 11.6 Å². The first-order valence-electron chi connectivity index (χ1n) is 5.58. The lowest BCUT2D eigenvalue weighted by atomic mass is 10.1. The van der Waals surface area contributed by atoms with Gasteiger partial charge in [-0.1, -0.05) is 11.6 Å². The van der Waals surface area contributed by atoms with Gasteiger partial charge in [0.1, 0.15) is 0 Å². The number of aliphatic hydroxyl groups excluding tert-OH is 2. The zero-order valence-electron chi connectivity index (χ0n) is 10.8. The normalized spacial score (nSPS) is 13.5. The molecule has 0 unspecified atom stereocenters. The highest BCUT2D eigenvalue weighted by atomic mass is 35.5. The van der Waals surface area contributed by atoms with Gasteiger partial charge in [0.15, 0.2) is 0 Å². The Morgan fingerprint density at radius 3 is 2.19 bits per heavy atom. The SMILES string of the molecule is CC(CO)(CO)NS(=O)(=O)c1ccc(Cl)cc1C(F)(F)F. The minimum Gasteiger partial charge on any atom is -0.394 e. The van der Waals surface area contributed by atoms with Crippen molar-refractivity contribution in [1.82, 2.24) is 4.72 Å². The molecule has 1 aromatic rings. The number of alkyl halides is 3. The number of sulfonamides is 1. The zero-order chi connectivity index (χ0) is 16.5. The summed E-state index contributed by atoms with van der Waals surface area (Å²) in [5.74, 6) is 0. The van der Waals surface area contributed by atoms with E-state index in [0.29, 0.717) is 12.1 Å². The fourth-order valence-electron chi connectivity index (χ4n) is 1.45. The summed E-state index contributed by atoms with van der Waals surface area (Å²) in [6.45, 7) is -0.441. The second kappa shape index (κ2) is 6.09. The fourth-order valence-corrected chi connectivity index (χ4v) is 3.22. The number of rotatable bonds is 5. The van der Waals surface area contributed by atoms with Crippen LogP contribution in [0.25, 0.3) is 0 Å². The molecule has 1 aromatic carbocycles. The van der Waals surface area contributed by atoms with Crippen LogP contribution in [0.3, 0.4) is 0 Å². The summed E-state index contributed by atoms with van der Waals surface area (Å²) >= 11 is 5.47. The first kappa shape index (κ1) is 18.2. The predicted molar refractivity (Wildman–Crippen MR) is 69.4 cm³/mol. The minimum atomic E-state index is -4.93. The molecule has 0 aromatic heterocycles. The predicted octanol–water partition coefficient (Wildman–Crippen LogP) is 1.38. The zero-order valence-corrected chi connectivity index (χ0v) is 12.3. The number of hydrogen-bond acceptors (Lipinski definition) is 4. The lowest BCUT2D eigenvalue weighted by Gasteiger charge is -2.26. The molecule has 0 saturated heterocycles. The van der Waals surface area contributed by atoms with E-state index in [1.165, 1.54) is 0 Å². The largest absolute Gasteiger partial charge is 0.417 e. The molecular formula is C11H13ClF3NO4S. The van der Waals surface area contributed by atoms with Crippen LogP contribution in [0.4, 0.5) is 13.2 Å². The van der Waals surface area contributed by atoms with E-state index in [2.05, 4.69) is 0 Å².